The Labute approximate surface area is 158 Å². The van der Waals surface area contributed by atoms with Gasteiger partial charge in [0.05, 0.1) is 14.2 Å². The van der Waals surface area contributed by atoms with E-state index in [1.54, 1.807) is 20.3 Å². The Balaban J connectivity index is 1.68. The molecule has 140 valence electrons. The van der Waals surface area contributed by atoms with Crippen molar-refractivity contribution in [2.75, 3.05) is 25.7 Å². The molecule has 0 radical (unpaired) electrons. The fraction of sp³-hybridized carbons (Fsp3) is 0.364. The second kappa shape index (κ2) is 7.06. The summed E-state index contributed by atoms with van der Waals surface area (Å²) in [6.45, 7) is 0.774. The van der Waals surface area contributed by atoms with Crippen LogP contribution >= 0.6 is 0 Å². The number of hydrogen-bond acceptors (Lipinski definition) is 4. The molecular formula is C22H23NO4. The number of ether oxygens (including phenoxy) is 2. The summed E-state index contributed by atoms with van der Waals surface area (Å²) in [5, 5.41) is 0. The summed E-state index contributed by atoms with van der Waals surface area (Å²) in [5.74, 6) is 1.54. The van der Waals surface area contributed by atoms with Crippen molar-refractivity contribution in [2.24, 2.45) is 0 Å². The molecule has 5 nitrogen and oxygen atoms in total. The monoisotopic (exact) mass is 365 g/mol. The van der Waals surface area contributed by atoms with Crippen molar-refractivity contribution >= 4 is 17.4 Å². The average molecular weight is 365 g/mol. The standard InChI is InChI=1S/C22H23NO4/c1-26-16-11-18-19(24)13-17(22(18)20(12-16)27-2)14-6-8-15(9-7-14)23-10-4-3-5-21(23)25/h6-9,11-12,17H,3-5,10,13H2,1-2H3. The van der Waals surface area contributed by atoms with Gasteiger partial charge in [-0.05, 0) is 36.6 Å². The minimum absolute atomic E-state index is 0.0422. The zero-order valence-corrected chi connectivity index (χ0v) is 15.7. The lowest BCUT2D eigenvalue weighted by atomic mass is 9.92. The maximum atomic E-state index is 12.6. The molecule has 1 fully saturated rings. The number of carbonyl (C=O) groups excluding carboxylic acids is 2. The molecule has 2 aliphatic rings. The first kappa shape index (κ1) is 17.6. The van der Waals surface area contributed by atoms with Crippen LogP contribution in [0.25, 0.3) is 0 Å². The molecular weight excluding hydrogens is 342 g/mol. The van der Waals surface area contributed by atoms with Crippen LogP contribution in [0.5, 0.6) is 11.5 Å². The minimum atomic E-state index is -0.0422. The summed E-state index contributed by atoms with van der Waals surface area (Å²) in [4.78, 5) is 26.6. The van der Waals surface area contributed by atoms with Crippen LogP contribution in [0.1, 0.15) is 53.1 Å². The molecule has 0 N–H and O–H groups in total. The third kappa shape index (κ3) is 3.07. The largest absolute Gasteiger partial charge is 0.497 e. The first-order valence-electron chi connectivity index (χ1n) is 9.32. The quantitative estimate of drug-likeness (QED) is 0.824. The molecule has 0 saturated carbocycles. The predicted molar refractivity (Wildman–Crippen MR) is 103 cm³/mol. The van der Waals surface area contributed by atoms with E-state index in [2.05, 4.69) is 0 Å². The van der Waals surface area contributed by atoms with E-state index in [9.17, 15) is 9.59 Å². The fourth-order valence-electron chi connectivity index (χ4n) is 4.13. The first-order valence-corrected chi connectivity index (χ1v) is 9.32. The van der Waals surface area contributed by atoms with Gasteiger partial charge in [-0.25, -0.2) is 0 Å². The summed E-state index contributed by atoms with van der Waals surface area (Å²) >= 11 is 0. The van der Waals surface area contributed by atoms with Gasteiger partial charge < -0.3 is 14.4 Å². The number of anilines is 1. The van der Waals surface area contributed by atoms with Crippen molar-refractivity contribution < 1.29 is 19.1 Å². The Bertz CT molecular complexity index is 888. The number of rotatable bonds is 4. The number of methoxy groups -OCH3 is 2. The van der Waals surface area contributed by atoms with Crippen LogP contribution in [0.4, 0.5) is 5.69 Å². The number of ketones is 1. The molecule has 0 spiro atoms. The Kier molecular flexibility index (Phi) is 4.60. The average Bonchev–Trinajstić information content (AvgIpc) is 3.04. The van der Waals surface area contributed by atoms with Crippen LogP contribution in [0.2, 0.25) is 0 Å². The van der Waals surface area contributed by atoms with E-state index in [4.69, 9.17) is 9.47 Å². The van der Waals surface area contributed by atoms with Crippen molar-refractivity contribution in [2.45, 2.75) is 31.6 Å². The van der Waals surface area contributed by atoms with E-state index in [1.807, 2.05) is 35.2 Å². The van der Waals surface area contributed by atoms with Crippen LogP contribution < -0.4 is 14.4 Å². The SMILES string of the molecule is COc1cc(OC)c2c(c1)C(=O)CC2c1ccc(N2CCCCC2=O)cc1. The highest BCUT2D eigenvalue weighted by Gasteiger charge is 2.34. The highest BCUT2D eigenvalue weighted by Crippen LogP contribution is 2.45. The molecule has 0 bridgehead atoms. The molecule has 5 heteroatoms. The molecule has 2 aromatic rings. The van der Waals surface area contributed by atoms with Crippen molar-refractivity contribution in [1.82, 2.24) is 0 Å². The smallest absolute Gasteiger partial charge is 0.226 e. The topological polar surface area (TPSA) is 55.8 Å². The number of fused-ring (bicyclic) bond motifs is 1. The first-order chi connectivity index (χ1) is 13.1. The number of benzene rings is 2. The normalized spacial score (nSPS) is 19.2. The molecule has 0 aromatic heterocycles. The van der Waals surface area contributed by atoms with Crippen LogP contribution in [0.15, 0.2) is 36.4 Å². The Morgan fingerprint density at radius 3 is 2.44 bits per heavy atom. The fourth-order valence-corrected chi connectivity index (χ4v) is 4.13. The van der Waals surface area contributed by atoms with E-state index in [0.29, 0.717) is 29.9 Å². The number of hydrogen-bond donors (Lipinski definition) is 0. The Morgan fingerprint density at radius 1 is 1.00 bits per heavy atom. The van der Waals surface area contributed by atoms with E-state index in [1.165, 1.54) is 0 Å². The lowest BCUT2D eigenvalue weighted by molar-refractivity contribution is -0.119. The maximum absolute atomic E-state index is 12.6. The molecule has 4 rings (SSSR count). The number of amides is 1. The second-order valence-corrected chi connectivity index (χ2v) is 7.06. The van der Waals surface area contributed by atoms with Gasteiger partial charge in [0.1, 0.15) is 11.5 Å². The van der Waals surface area contributed by atoms with E-state index in [-0.39, 0.29) is 17.6 Å². The van der Waals surface area contributed by atoms with E-state index in [0.717, 1.165) is 36.2 Å². The molecule has 1 heterocycles. The number of Topliss-reactive ketones (excluding diaryl/α,β-unsaturated/α-hetero) is 1. The van der Waals surface area contributed by atoms with Gasteiger partial charge in [0.2, 0.25) is 5.91 Å². The van der Waals surface area contributed by atoms with Gasteiger partial charge in [-0.15, -0.1) is 0 Å². The molecule has 2 aromatic carbocycles. The van der Waals surface area contributed by atoms with Crippen molar-refractivity contribution in [3.05, 3.63) is 53.1 Å². The predicted octanol–water partition coefficient (Wildman–Crippen LogP) is 3.94. The lowest BCUT2D eigenvalue weighted by Gasteiger charge is -2.27. The summed E-state index contributed by atoms with van der Waals surface area (Å²) in [6, 6.07) is 11.6. The molecule has 27 heavy (non-hydrogen) atoms. The number of piperidine rings is 1. The molecule has 1 atom stereocenters. The lowest BCUT2D eigenvalue weighted by Crippen LogP contribution is -2.35. The zero-order valence-electron chi connectivity index (χ0n) is 15.7. The summed E-state index contributed by atoms with van der Waals surface area (Å²) in [5.41, 5.74) is 3.57. The second-order valence-electron chi connectivity index (χ2n) is 7.06. The van der Waals surface area contributed by atoms with E-state index >= 15 is 0 Å². The molecule has 1 aliphatic carbocycles. The molecule has 1 aliphatic heterocycles. The Hall–Kier alpha value is -2.82. The van der Waals surface area contributed by atoms with Gasteiger partial charge in [-0.3, -0.25) is 9.59 Å². The minimum Gasteiger partial charge on any atom is -0.497 e. The molecule has 1 amide bonds. The Morgan fingerprint density at radius 2 is 1.78 bits per heavy atom. The van der Waals surface area contributed by atoms with Gasteiger partial charge in [0.25, 0.3) is 0 Å². The third-order valence-corrected chi connectivity index (χ3v) is 5.54. The number of carbonyl (C=O) groups is 2. The van der Waals surface area contributed by atoms with Crippen LogP contribution in [0.3, 0.4) is 0 Å². The number of nitrogens with zero attached hydrogens (tertiary/aromatic N) is 1. The van der Waals surface area contributed by atoms with Gasteiger partial charge in [0, 0.05) is 48.2 Å². The maximum Gasteiger partial charge on any atom is 0.226 e. The van der Waals surface area contributed by atoms with Crippen LogP contribution in [-0.2, 0) is 4.79 Å². The highest BCUT2D eigenvalue weighted by atomic mass is 16.5. The molecule has 1 saturated heterocycles. The van der Waals surface area contributed by atoms with Gasteiger partial charge >= 0.3 is 0 Å². The van der Waals surface area contributed by atoms with Crippen molar-refractivity contribution in [3.8, 4) is 11.5 Å². The van der Waals surface area contributed by atoms with Crippen molar-refractivity contribution in [1.29, 1.82) is 0 Å². The zero-order chi connectivity index (χ0) is 19.0. The third-order valence-electron chi connectivity index (χ3n) is 5.54. The van der Waals surface area contributed by atoms with Gasteiger partial charge in [-0.2, -0.15) is 0 Å². The van der Waals surface area contributed by atoms with Crippen LogP contribution in [-0.4, -0.2) is 32.5 Å². The van der Waals surface area contributed by atoms with Crippen molar-refractivity contribution in [3.63, 3.8) is 0 Å². The summed E-state index contributed by atoms with van der Waals surface area (Å²) in [6.07, 6.45) is 3.04. The van der Waals surface area contributed by atoms with Crippen LogP contribution in [0, 0.1) is 0 Å². The van der Waals surface area contributed by atoms with Gasteiger partial charge in [0.15, 0.2) is 5.78 Å². The highest BCUT2D eigenvalue weighted by molar-refractivity contribution is 6.03. The van der Waals surface area contributed by atoms with Gasteiger partial charge in [-0.1, -0.05) is 12.1 Å². The van der Waals surface area contributed by atoms with E-state index < -0.39 is 0 Å². The summed E-state index contributed by atoms with van der Waals surface area (Å²) in [7, 11) is 3.19. The molecule has 1 unspecified atom stereocenters. The summed E-state index contributed by atoms with van der Waals surface area (Å²) < 4.78 is 10.8.